The largest absolute Gasteiger partial charge is 0.368 e. The van der Waals surface area contributed by atoms with Crippen molar-refractivity contribution in [3.05, 3.63) is 29.6 Å². The van der Waals surface area contributed by atoms with Gasteiger partial charge in [-0.1, -0.05) is 19.9 Å². The lowest BCUT2D eigenvalue weighted by Gasteiger charge is -2.27. The van der Waals surface area contributed by atoms with Crippen LogP contribution in [0.4, 0.5) is 10.1 Å². The van der Waals surface area contributed by atoms with E-state index >= 15 is 0 Å². The van der Waals surface area contributed by atoms with E-state index in [0.717, 1.165) is 37.2 Å². The molecule has 1 N–H and O–H groups in total. The van der Waals surface area contributed by atoms with Crippen LogP contribution in [0.3, 0.4) is 0 Å². The molecule has 0 heterocycles. The van der Waals surface area contributed by atoms with Gasteiger partial charge in [-0.25, -0.2) is 4.39 Å². The molecule has 2 nitrogen and oxygen atoms in total. The molecule has 106 valence electrons. The molecule has 0 aliphatic heterocycles. The molecule has 1 aliphatic rings. The summed E-state index contributed by atoms with van der Waals surface area (Å²) >= 11 is 0. The molecule has 0 spiro atoms. The number of benzene rings is 1. The summed E-state index contributed by atoms with van der Waals surface area (Å²) in [6.45, 7) is 6.90. The standard InChI is InChI=1S/C16H25FN2/c1-3-10-18-12-14-15(17)6-5-7-16(14)19(11-4-2)13-8-9-13/h5-7,13,18H,3-4,8-12H2,1-2H3. The van der Waals surface area contributed by atoms with Gasteiger partial charge in [-0.15, -0.1) is 0 Å². The zero-order valence-corrected chi connectivity index (χ0v) is 12.1. The van der Waals surface area contributed by atoms with Crippen LogP contribution in [0.5, 0.6) is 0 Å². The van der Waals surface area contributed by atoms with Crippen molar-refractivity contribution in [2.45, 2.75) is 52.1 Å². The molecule has 0 radical (unpaired) electrons. The van der Waals surface area contributed by atoms with E-state index in [-0.39, 0.29) is 5.82 Å². The average Bonchev–Trinajstić information content (AvgIpc) is 3.22. The lowest BCUT2D eigenvalue weighted by atomic mass is 10.1. The molecule has 3 heteroatoms. The topological polar surface area (TPSA) is 15.3 Å². The number of hydrogen-bond acceptors (Lipinski definition) is 2. The number of hydrogen-bond donors (Lipinski definition) is 1. The summed E-state index contributed by atoms with van der Waals surface area (Å²) in [6.07, 6.45) is 4.68. The Balaban J connectivity index is 2.19. The molecule has 0 aromatic heterocycles. The van der Waals surface area contributed by atoms with E-state index in [0.29, 0.717) is 12.6 Å². The Morgan fingerprint density at radius 3 is 2.68 bits per heavy atom. The first kappa shape index (κ1) is 14.3. The molecule has 1 saturated carbocycles. The van der Waals surface area contributed by atoms with E-state index in [2.05, 4.69) is 30.1 Å². The highest BCUT2D eigenvalue weighted by molar-refractivity contribution is 5.56. The van der Waals surface area contributed by atoms with Crippen molar-refractivity contribution in [2.75, 3.05) is 18.0 Å². The Morgan fingerprint density at radius 1 is 1.26 bits per heavy atom. The van der Waals surface area contributed by atoms with Gasteiger partial charge in [-0.3, -0.25) is 0 Å². The second kappa shape index (κ2) is 6.90. The Labute approximate surface area is 116 Å². The smallest absolute Gasteiger partial charge is 0.129 e. The molecule has 0 unspecified atom stereocenters. The van der Waals surface area contributed by atoms with E-state index < -0.39 is 0 Å². The first-order valence-corrected chi connectivity index (χ1v) is 7.52. The van der Waals surface area contributed by atoms with Crippen LogP contribution in [0.15, 0.2) is 18.2 Å². The van der Waals surface area contributed by atoms with Gasteiger partial charge in [0.15, 0.2) is 0 Å². The number of nitrogens with one attached hydrogen (secondary N) is 1. The fourth-order valence-corrected chi connectivity index (χ4v) is 2.51. The van der Waals surface area contributed by atoms with Crippen LogP contribution in [0.2, 0.25) is 0 Å². The predicted octanol–water partition coefficient (Wildman–Crippen LogP) is 3.70. The Kier molecular flexibility index (Phi) is 5.20. The van der Waals surface area contributed by atoms with Gasteiger partial charge >= 0.3 is 0 Å². The van der Waals surface area contributed by atoms with Crippen molar-refractivity contribution in [1.82, 2.24) is 5.32 Å². The fraction of sp³-hybridized carbons (Fsp3) is 0.625. The average molecular weight is 264 g/mol. The van der Waals surface area contributed by atoms with Crippen molar-refractivity contribution in [1.29, 1.82) is 0 Å². The second-order valence-corrected chi connectivity index (χ2v) is 5.34. The normalized spacial score (nSPS) is 14.7. The van der Waals surface area contributed by atoms with E-state index in [1.54, 1.807) is 6.07 Å². The highest BCUT2D eigenvalue weighted by Crippen LogP contribution is 2.34. The number of halogens is 1. The summed E-state index contributed by atoms with van der Waals surface area (Å²) in [6, 6.07) is 6.11. The lowest BCUT2D eigenvalue weighted by molar-refractivity contribution is 0.583. The van der Waals surface area contributed by atoms with Crippen molar-refractivity contribution in [3.63, 3.8) is 0 Å². The van der Waals surface area contributed by atoms with Crippen LogP contribution >= 0.6 is 0 Å². The fourth-order valence-electron chi connectivity index (χ4n) is 2.51. The van der Waals surface area contributed by atoms with Gasteiger partial charge in [0.25, 0.3) is 0 Å². The van der Waals surface area contributed by atoms with Crippen LogP contribution in [0.1, 0.15) is 45.1 Å². The van der Waals surface area contributed by atoms with Crippen molar-refractivity contribution >= 4 is 5.69 Å². The summed E-state index contributed by atoms with van der Waals surface area (Å²) in [5, 5.41) is 3.32. The summed E-state index contributed by atoms with van der Waals surface area (Å²) in [7, 11) is 0. The maximum atomic E-state index is 14.1. The first-order chi connectivity index (χ1) is 9.27. The monoisotopic (exact) mass is 264 g/mol. The summed E-state index contributed by atoms with van der Waals surface area (Å²) in [4.78, 5) is 2.39. The van der Waals surface area contributed by atoms with Gasteiger partial charge in [-0.2, -0.15) is 0 Å². The molecular formula is C16H25FN2. The summed E-state index contributed by atoms with van der Waals surface area (Å²) in [5.74, 6) is -0.0807. The maximum Gasteiger partial charge on any atom is 0.129 e. The molecule has 1 aromatic rings. The first-order valence-electron chi connectivity index (χ1n) is 7.52. The van der Waals surface area contributed by atoms with E-state index in [1.807, 2.05) is 6.07 Å². The summed E-state index contributed by atoms with van der Waals surface area (Å²) < 4.78 is 14.1. The number of nitrogens with zero attached hydrogens (tertiary/aromatic N) is 1. The zero-order chi connectivity index (χ0) is 13.7. The molecule has 1 aromatic carbocycles. The minimum absolute atomic E-state index is 0.0807. The minimum atomic E-state index is -0.0807. The molecule has 1 aliphatic carbocycles. The van der Waals surface area contributed by atoms with Gasteiger partial charge in [0.2, 0.25) is 0 Å². The van der Waals surface area contributed by atoms with Gasteiger partial charge in [0.05, 0.1) is 0 Å². The van der Waals surface area contributed by atoms with Gasteiger partial charge in [0.1, 0.15) is 5.82 Å². The van der Waals surface area contributed by atoms with Gasteiger partial charge in [-0.05, 0) is 44.4 Å². The van der Waals surface area contributed by atoms with Crippen LogP contribution in [-0.2, 0) is 6.54 Å². The van der Waals surface area contributed by atoms with Crippen LogP contribution < -0.4 is 10.2 Å². The second-order valence-electron chi connectivity index (χ2n) is 5.34. The van der Waals surface area contributed by atoms with Crippen LogP contribution in [-0.4, -0.2) is 19.1 Å². The highest BCUT2D eigenvalue weighted by atomic mass is 19.1. The third-order valence-corrected chi connectivity index (χ3v) is 3.58. The Bertz CT molecular complexity index is 402. The quantitative estimate of drug-likeness (QED) is 0.720. The third kappa shape index (κ3) is 3.69. The molecule has 0 bridgehead atoms. The Morgan fingerprint density at radius 2 is 2.05 bits per heavy atom. The van der Waals surface area contributed by atoms with Crippen molar-refractivity contribution in [3.8, 4) is 0 Å². The molecule has 0 atom stereocenters. The van der Waals surface area contributed by atoms with Crippen LogP contribution in [0, 0.1) is 5.82 Å². The van der Waals surface area contributed by atoms with Crippen molar-refractivity contribution in [2.24, 2.45) is 0 Å². The predicted molar refractivity (Wildman–Crippen MR) is 79.1 cm³/mol. The highest BCUT2D eigenvalue weighted by Gasteiger charge is 2.30. The van der Waals surface area contributed by atoms with Crippen LogP contribution in [0.25, 0.3) is 0 Å². The zero-order valence-electron chi connectivity index (χ0n) is 12.1. The molecule has 0 amide bonds. The molecule has 19 heavy (non-hydrogen) atoms. The molecule has 2 rings (SSSR count). The van der Waals surface area contributed by atoms with Gasteiger partial charge < -0.3 is 10.2 Å². The minimum Gasteiger partial charge on any atom is -0.368 e. The third-order valence-electron chi connectivity index (χ3n) is 3.58. The lowest BCUT2D eigenvalue weighted by Crippen LogP contribution is -2.29. The SMILES string of the molecule is CCCNCc1c(F)cccc1N(CCC)C1CC1. The van der Waals surface area contributed by atoms with E-state index in [1.165, 1.54) is 12.8 Å². The Hall–Kier alpha value is -1.09. The number of rotatable bonds is 8. The van der Waals surface area contributed by atoms with E-state index in [4.69, 9.17) is 0 Å². The van der Waals surface area contributed by atoms with Crippen molar-refractivity contribution < 1.29 is 4.39 Å². The molecular weight excluding hydrogens is 239 g/mol. The molecule has 0 saturated heterocycles. The van der Waals surface area contributed by atoms with E-state index in [9.17, 15) is 4.39 Å². The maximum absolute atomic E-state index is 14.1. The molecule has 1 fully saturated rings. The number of anilines is 1. The summed E-state index contributed by atoms with van der Waals surface area (Å²) in [5.41, 5.74) is 1.92. The van der Waals surface area contributed by atoms with Gasteiger partial charge in [0, 0.05) is 30.4 Å².